The summed E-state index contributed by atoms with van der Waals surface area (Å²) >= 11 is 0. The fourth-order valence-electron chi connectivity index (χ4n) is 3.11. The van der Waals surface area contributed by atoms with Crippen molar-refractivity contribution in [3.05, 3.63) is 97.8 Å². The van der Waals surface area contributed by atoms with Crippen LogP contribution in [-0.4, -0.2) is 15.7 Å². The van der Waals surface area contributed by atoms with Crippen LogP contribution >= 0.6 is 0 Å². The lowest BCUT2D eigenvalue weighted by atomic mass is 10.1. The van der Waals surface area contributed by atoms with Crippen LogP contribution < -0.4 is 16.0 Å². The maximum atomic E-state index is 12.7. The van der Waals surface area contributed by atoms with Crippen molar-refractivity contribution in [1.29, 1.82) is 0 Å². The molecule has 1 aromatic heterocycles. The fraction of sp³-hybridized carbons (Fsp3) is 0.273. The SMILES string of the molecule is Cc1ccc(OCCn2ccc(=O)n(Cc3cc(C)cc(C)c3)c2=O)cc1. The Kier molecular flexibility index (Phi) is 5.60. The van der Waals surface area contributed by atoms with Gasteiger partial charge in [0, 0.05) is 12.3 Å². The largest absolute Gasteiger partial charge is 0.492 e. The second kappa shape index (κ2) is 8.08. The van der Waals surface area contributed by atoms with E-state index in [1.807, 2.05) is 57.2 Å². The monoisotopic (exact) mass is 364 g/mol. The van der Waals surface area contributed by atoms with Gasteiger partial charge in [-0.1, -0.05) is 47.0 Å². The molecule has 0 saturated carbocycles. The summed E-state index contributed by atoms with van der Waals surface area (Å²) in [7, 11) is 0. The van der Waals surface area contributed by atoms with Crippen molar-refractivity contribution >= 4 is 0 Å². The molecule has 0 aliphatic heterocycles. The summed E-state index contributed by atoms with van der Waals surface area (Å²) in [6, 6.07) is 15.2. The molecule has 2 aromatic carbocycles. The molecule has 0 aliphatic rings. The van der Waals surface area contributed by atoms with Crippen LogP contribution in [0.2, 0.25) is 0 Å². The molecular weight excluding hydrogens is 340 g/mol. The van der Waals surface area contributed by atoms with Gasteiger partial charge in [-0.05, 0) is 38.5 Å². The topological polar surface area (TPSA) is 53.2 Å². The summed E-state index contributed by atoms with van der Waals surface area (Å²) in [6.45, 7) is 7.02. The Morgan fingerprint density at radius 2 is 1.52 bits per heavy atom. The lowest BCUT2D eigenvalue weighted by molar-refractivity contribution is 0.293. The maximum Gasteiger partial charge on any atom is 0.331 e. The quantitative estimate of drug-likeness (QED) is 0.675. The minimum atomic E-state index is -0.325. The van der Waals surface area contributed by atoms with Gasteiger partial charge in [0.1, 0.15) is 12.4 Å². The molecule has 3 aromatic rings. The summed E-state index contributed by atoms with van der Waals surface area (Å²) in [5.74, 6) is 0.761. The van der Waals surface area contributed by atoms with Gasteiger partial charge in [0.15, 0.2) is 0 Å². The second-order valence-corrected chi connectivity index (χ2v) is 6.87. The molecule has 27 heavy (non-hydrogen) atoms. The maximum absolute atomic E-state index is 12.7. The Balaban J connectivity index is 1.75. The van der Waals surface area contributed by atoms with Crippen LogP contribution in [0.5, 0.6) is 5.75 Å². The van der Waals surface area contributed by atoms with Crippen LogP contribution in [-0.2, 0) is 13.1 Å². The third kappa shape index (κ3) is 4.76. The molecule has 0 fully saturated rings. The van der Waals surface area contributed by atoms with Crippen molar-refractivity contribution < 1.29 is 4.74 Å². The van der Waals surface area contributed by atoms with Crippen molar-refractivity contribution in [2.24, 2.45) is 0 Å². The molecule has 140 valence electrons. The lowest BCUT2D eigenvalue weighted by Crippen LogP contribution is -2.40. The average molecular weight is 364 g/mol. The first kappa shape index (κ1) is 18.7. The van der Waals surface area contributed by atoms with Gasteiger partial charge in [0.2, 0.25) is 0 Å². The highest BCUT2D eigenvalue weighted by Crippen LogP contribution is 2.11. The summed E-state index contributed by atoms with van der Waals surface area (Å²) in [5.41, 5.74) is 3.71. The van der Waals surface area contributed by atoms with E-state index < -0.39 is 0 Å². The molecule has 0 radical (unpaired) electrons. The van der Waals surface area contributed by atoms with Gasteiger partial charge in [-0.3, -0.25) is 13.9 Å². The van der Waals surface area contributed by atoms with E-state index in [1.54, 1.807) is 0 Å². The Hall–Kier alpha value is -3.08. The highest BCUT2D eigenvalue weighted by Gasteiger charge is 2.07. The minimum absolute atomic E-state index is 0.264. The predicted octanol–water partition coefficient (Wildman–Crippen LogP) is 3.06. The highest BCUT2D eigenvalue weighted by molar-refractivity contribution is 5.29. The normalized spacial score (nSPS) is 10.8. The first-order valence-corrected chi connectivity index (χ1v) is 8.99. The number of hydrogen-bond donors (Lipinski definition) is 0. The number of rotatable bonds is 6. The van der Waals surface area contributed by atoms with Crippen LogP contribution in [0, 0.1) is 20.8 Å². The van der Waals surface area contributed by atoms with Gasteiger partial charge in [0.05, 0.1) is 13.1 Å². The van der Waals surface area contributed by atoms with Crippen molar-refractivity contribution in [3.8, 4) is 5.75 Å². The van der Waals surface area contributed by atoms with Crippen molar-refractivity contribution in [3.63, 3.8) is 0 Å². The number of ether oxygens (including phenoxy) is 1. The summed E-state index contributed by atoms with van der Waals surface area (Å²) in [6.07, 6.45) is 1.53. The highest BCUT2D eigenvalue weighted by atomic mass is 16.5. The molecule has 0 N–H and O–H groups in total. The molecular formula is C22H24N2O3. The molecule has 0 saturated heterocycles. The van der Waals surface area contributed by atoms with E-state index in [1.165, 1.54) is 21.4 Å². The molecule has 0 spiro atoms. The Morgan fingerprint density at radius 3 is 2.19 bits per heavy atom. The fourth-order valence-corrected chi connectivity index (χ4v) is 3.11. The molecule has 1 heterocycles. The van der Waals surface area contributed by atoms with E-state index in [2.05, 4.69) is 6.07 Å². The van der Waals surface area contributed by atoms with E-state index in [0.29, 0.717) is 13.2 Å². The van der Waals surface area contributed by atoms with Crippen molar-refractivity contribution in [1.82, 2.24) is 9.13 Å². The number of aryl methyl sites for hydroxylation is 3. The Bertz CT molecular complexity index is 1030. The predicted molar refractivity (Wildman–Crippen MR) is 107 cm³/mol. The Labute approximate surface area is 158 Å². The van der Waals surface area contributed by atoms with Crippen LogP contribution in [0.4, 0.5) is 0 Å². The van der Waals surface area contributed by atoms with Crippen molar-refractivity contribution in [2.75, 3.05) is 6.61 Å². The first-order chi connectivity index (χ1) is 12.9. The zero-order valence-electron chi connectivity index (χ0n) is 15.9. The van der Waals surface area contributed by atoms with Crippen LogP contribution in [0.1, 0.15) is 22.3 Å². The molecule has 5 nitrogen and oxygen atoms in total. The van der Waals surface area contributed by atoms with Gasteiger partial charge in [-0.25, -0.2) is 4.79 Å². The first-order valence-electron chi connectivity index (χ1n) is 8.99. The van der Waals surface area contributed by atoms with E-state index in [-0.39, 0.29) is 17.8 Å². The van der Waals surface area contributed by atoms with Gasteiger partial charge in [-0.2, -0.15) is 0 Å². The van der Waals surface area contributed by atoms with E-state index >= 15 is 0 Å². The molecule has 0 aliphatic carbocycles. The van der Waals surface area contributed by atoms with Crippen molar-refractivity contribution in [2.45, 2.75) is 33.9 Å². The molecule has 0 unspecified atom stereocenters. The van der Waals surface area contributed by atoms with Gasteiger partial charge >= 0.3 is 5.69 Å². The van der Waals surface area contributed by atoms with E-state index in [0.717, 1.165) is 28.0 Å². The zero-order chi connectivity index (χ0) is 19.4. The van der Waals surface area contributed by atoms with Gasteiger partial charge < -0.3 is 4.74 Å². The second-order valence-electron chi connectivity index (χ2n) is 6.87. The van der Waals surface area contributed by atoms with Gasteiger partial charge in [-0.15, -0.1) is 0 Å². The molecule has 3 rings (SSSR count). The van der Waals surface area contributed by atoms with E-state index in [4.69, 9.17) is 4.74 Å². The average Bonchev–Trinajstić information content (AvgIpc) is 2.61. The molecule has 0 bridgehead atoms. The summed E-state index contributed by atoms with van der Waals surface area (Å²) in [4.78, 5) is 24.9. The third-order valence-electron chi connectivity index (χ3n) is 4.38. The summed E-state index contributed by atoms with van der Waals surface area (Å²) < 4.78 is 8.47. The molecule has 0 amide bonds. The minimum Gasteiger partial charge on any atom is -0.492 e. The summed E-state index contributed by atoms with van der Waals surface area (Å²) in [5, 5.41) is 0. The standard InChI is InChI=1S/C22H24N2O3/c1-16-4-6-20(7-5-16)27-11-10-23-9-8-21(25)24(22(23)26)15-19-13-17(2)12-18(3)14-19/h4-9,12-14H,10-11,15H2,1-3H3. The Morgan fingerprint density at radius 1 is 0.852 bits per heavy atom. The zero-order valence-corrected chi connectivity index (χ0v) is 15.9. The van der Waals surface area contributed by atoms with Crippen LogP contribution in [0.15, 0.2) is 64.3 Å². The van der Waals surface area contributed by atoms with Crippen LogP contribution in [0.25, 0.3) is 0 Å². The van der Waals surface area contributed by atoms with E-state index in [9.17, 15) is 9.59 Å². The number of aromatic nitrogens is 2. The number of nitrogens with zero attached hydrogens (tertiary/aromatic N) is 2. The molecule has 5 heteroatoms. The van der Waals surface area contributed by atoms with Crippen LogP contribution in [0.3, 0.4) is 0 Å². The number of hydrogen-bond acceptors (Lipinski definition) is 3. The van der Waals surface area contributed by atoms with Gasteiger partial charge in [0.25, 0.3) is 5.56 Å². The molecule has 0 atom stereocenters. The lowest BCUT2D eigenvalue weighted by Gasteiger charge is -2.12. The smallest absolute Gasteiger partial charge is 0.331 e. The number of benzene rings is 2. The third-order valence-corrected chi connectivity index (χ3v) is 4.38.